The molecule has 0 N–H and O–H groups in total. The first-order valence-corrected chi connectivity index (χ1v) is 4.73. The molecule has 1 amide bonds. The number of rotatable bonds is 2. The van der Waals surface area contributed by atoms with Crippen LogP contribution in [0.25, 0.3) is 0 Å². The van der Waals surface area contributed by atoms with E-state index < -0.39 is 11.0 Å². The predicted octanol–water partition coefficient (Wildman–Crippen LogP) is 1.72. The minimum atomic E-state index is -0.457. The van der Waals surface area contributed by atoms with Gasteiger partial charge in [-0.1, -0.05) is 12.1 Å². The molecule has 0 bridgehead atoms. The lowest BCUT2D eigenvalue weighted by Gasteiger charge is -2.15. The molecule has 1 aliphatic heterocycles. The van der Waals surface area contributed by atoms with Gasteiger partial charge >= 0.3 is 6.09 Å². The van der Waals surface area contributed by atoms with Crippen LogP contribution in [0.2, 0.25) is 0 Å². The Hall–Kier alpha value is -2.11. The van der Waals surface area contributed by atoms with Crippen LogP contribution in [0.5, 0.6) is 0 Å². The first-order chi connectivity index (χ1) is 7.59. The van der Waals surface area contributed by atoms with E-state index in [9.17, 15) is 14.9 Å². The molecule has 16 heavy (non-hydrogen) atoms. The maximum absolute atomic E-state index is 11.1. The number of likely N-dealkylation sites (N-methyl/N-ethyl adjacent to an activating group) is 1. The van der Waals surface area contributed by atoms with Crippen molar-refractivity contribution in [1.82, 2.24) is 4.90 Å². The van der Waals surface area contributed by atoms with Crippen LogP contribution in [0.15, 0.2) is 24.3 Å². The number of amides is 1. The van der Waals surface area contributed by atoms with Crippen LogP contribution in [0, 0.1) is 10.1 Å². The summed E-state index contributed by atoms with van der Waals surface area (Å²) in [4.78, 5) is 22.7. The molecule has 0 aliphatic carbocycles. The standard InChI is InChI=1S/C10H10N2O4/c1-11-9(6-16-10(11)13)7-3-2-4-8(5-7)12(14)15/h2-5,9H,6H2,1H3/t9-/m0/s1. The molecular weight excluding hydrogens is 212 g/mol. The Labute approximate surface area is 91.6 Å². The molecule has 0 radical (unpaired) electrons. The molecule has 1 saturated heterocycles. The molecule has 6 nitrogen and oxygen atoms in total. The Morgan fingerprint density at radius 3 is 2.88 bits per heavy atom. The number of benzene rings is 1. The van der Waals surface area contributed by atoms with Gasteiger partial charge in [-0.3, -0.25) is 10.1 Å². The third-order valence-corrected chi connectivity index (χ3v) is 2.59. The second-order valence-electron chi connectivity index (χ2n) is 3.56. The van der Waals surface area contributed by atoms with E-state index in [4.69, 9.17) is 4.74 Å². The van der Waals surface area contributed by atoms with Gasteiger partial charge in [0, 0.05) is 19.2 Å². The van der Waals surface area contributed by atoms with E-state index in [-0.39, 0.29) is 18.3 Å². The molecule has 1 aromatic carbocycles. The molecule has 84 valence electrons. The van der Waals surface area contributed by atoms with E-state index in [1.54, 1.807) is 19.2 Å². The van der Waals surface area contributed by atoms with Crippen LogP contribution >= 0.6 is 0 Å². The number of carbonyl (C=O) groups excluding carboxylic acids is 1. The van der Waals surface area contributed by atoms with Gasteiger partial charge in [-0.15, -0.1) is 0 Å². The lowest BCUT2D eigenvalue weighted by atomic mass is 10.1. The smallest absolute Gasteiger partial charge is 0.410 e. The van der Waals surface area contributed by atoms with E-state index >= 15 is 0 Å². The second kappa shape index (κ2) is 3.80. The number of carbonyl (C=O) groups is 1. The molecule has 1 heterocycles. The highest BCUT2D eigenvalue weighted by Gasteiger charge is 2.31. The molecule has 0 spiro atoms. The summed E-state index contributed by atoms with van der Waals surface area (Å²) in [6, 6.07) is 5.98. The van der Waals surface area contributed by atoms with Crippen molar-refractivity contribution in [3.63, 3.8) is 0 Å². The fourth-order valence-electron chi connectivity index (χ4n) is 1.66. The van der Waals surface area contributed by atoms with Crippen molar-refractivity contribution in [2.45, 2.75) is 6.04 Å². The summed E-state index contributed by atoms with van der Waals surface area (Å²) in [5, 5.41) is 10.6. The van der Waals surface area contributed by atoms with Crippen LogP contribution < -0.4 is 0 Å². The molecule has 0 unspecified atom stereocenters. The maximum atomic E-state index is 11.1. The van der Waals surface area contributed by atoms with Crippen LogP contribution in [-0.4, -0.2) is 29.6 Å². The number of hydrogen-bond acceptors (Lipinski definition) is 4. The number of nitrogens with zero attached hydrogens (tertiary/aromatic N) is 2. The van der Waals surface area contributed by atoms with Gasteiger partial charge in [-0.25, -0.2) is 4.79 Å². The molecular formula is C10H10N2O4. The van der Waals surface area contributed by atoms with Crippen molar-refractivity contribution in [3.8, 4) is 0 Å². The number of nitro benzene ring substituents is 1. The number of ether oxygens (including phenoxy) is 1. The van der Waals surface area contributed by atoms with Gasteiger partial charge in [-0.2, -0.15) is 0 Å². The van der Waals surface area contributed by atoms with Crippen molar-refractivity contribution in [2.24, 2.45) is 0 Å². The number of non-ortho nitro benzene ring substituents is 1. The number of nitro groups is 1. The highest BCUT2D eigenvalue weighted by molar-refractivity contribution is 5.70. The fourth-order valence-corrected chi connectivity index (χ4v) is 1.66. The molecule has 6 heteroatoms. The van der Waals surface area contributed by atoms with Gasteiger partial charge in [-0.05, 0) is 5.56 Å². The molecule has 1 aromatic rings. The highest BCUT2D eigenvalue weighted by atomic mass is 16.6. The van der Waals surface area contributed by atoms with E-state index in [2.05, 4.69) is 0 Å². The van der Waals surface area contributed by atoms with Gasteiger partial charge in [0.2, 0.25) is 0 Å². The SMILES string of the molecule is CN1C(=O)OC[C@H]1c1cccc([N+](=O)[O-])c1. The van der Waals surface area contributed by atoms with Crippen molar-refractivity contribution < 1.29 is 14.5 Å². The molecule has 1 aliphatic rings. The monoisotopic (exact) mass is 222 g/mol. The Morgan fingerprint density at radius 2 is 2.31 bits per heavy atom. The van der Waals surface area contributed by atoms with Gasteiger partial charge in [0.25, 0.3) is 5.69 Å². The number of hydrogen-bond donors (Lipinski definition) is 0. The molecule has 2 rings (SSSR count). The van der Waals surface area contributed by atoms with E-state index in [0.717, 1.165) is 0 Å². The lowest BCUT2D eigenvalue weighted by Crippen LogP contribution is -2.22. The topological polar surface area (TPSA) is 72.7 Å². The zero-order valence-electron chi connectivity index (χ0n) is 8.62. The normalized spacial score (nSPS) is 19.7. The number of cyclic esters (lactones) is 1. The van der Waals surface area contributed by atoms with Crippen LogP contribution in [0.3, 0.4) is 0 Å². The Bertz CT molecular complexity index is 446. The summed E-state index contributed by atoms with van der Waals surface area (Å²) in [6.07, 6.45) is -0.406. The molecule has 1 fully saturated rings. The zero-order chi connectivity index (χ0) is 11.7. The van der Waals surface area contributed by atoms with E-state index in [0.29, 0.717) is 5.56 Å². The van der Waals surface area contributed by atoms with Gasteiger partial charge in [0.1, 0.15) is 6.61 Å². The van der Waals surface area contributed by atoms with Crippen molar-refractivity contribution >= 4 is 11.8 Å². The minimum absolute atomic E-state index is 0.0187. The zero-order valence-corrected chi connectivity index (χ0v) is 8.62. The first kappa shape index (κ1) is 10.4. The largest absolute Gasteiger partial charge is 0.447 e. The van der Waals surface area contributed by atoms with E-state index in [1.807, 2.05) is 0 Å². The lowest BCUT2D eigenvalue weighted by molar-refractivity contribution is -0.384. The maximum Gasteiger partial charge on any atom is 0.410 e. The van der Waals surface area contributed by atoms with Crippen molar-refractivity contribution in [1.29, 1.82) is 0 Å². The second-order valence-corrected chi connectivity index (χ2v) is 3.56. The fraction of sp³-hybridized carbons (Fsp3) is 0.300. The van der Waals surface area contributed by atoms with Crippen LogP contribution in [0.1, 0.15) is 11.6 Å². The summed E-state index contributed by atoms with van der Waals surface area (Å²) in [5.74, 6) is 0. The first-order valence-electron chi connectivity index (χ1n) is 4.73. The van der Waals surface area contributed by atoms with Gasteiger partial charge < -0.3 is 9.64 Å². The average molecular weight is 222 g/mol. The van der Waals surface area contributed by atoms with Gasteiger partial charge in [0.05, 0.1) is 11.0 Å². The third-order valence-electron chi connectivity index (χ3n) is 2.59. The Morgan fingerprint density at radius 1 is 1.56 bits per heavy atom. The summed E-state index contributed by atoms with van der Waals surface area (Å²) < 4.78 is 4.85. The highest BCUT2D eigenvalue weighted by Crippen LogP contribution is 2.27. The molecule has 0 aromatic heterocycles. The molecule has 0 saturated carbocycles. The van der Waals surface area contributed by atoms with Crippen molar-refractivity contribution in [3.05, 3.63) is 39.9 Å². The third kappa shape index (κ3) is 1.69. The Balaban J connectivity index is 2.31. The van der Waals surface area contributed by atoms with Crippen LogP contribution in [0.4, 0.5) is 10.5 Å². The predicted molar refractivity (Wildman–Crippen MR) is 54.9 cm³/mol. The van der Waals surface area contributed by atoms with Crippen LogP contribution in [-0.2, 0) is 4.74 Å². The average Bonchev–Trinajstić information content (AvgIpc) is 2.60. The van der Waals surface area contributed by atoms with Crippen molar-refractivity contribution in [2.75, 3.05) is 13.7 Å². The van der Waals surface area contributed by atoms with Gasteiger partial charge in [0.15, 0.2) is 0 Å². The Kier molecular flexibility index (Phi) is 2.47. The van der Waals surface area contributed by atoms with E-state index in [1.165, 1.54) is 17.0 Å². The summed E-state index contributed by atoms with van der Waals surface area (Å²) in [5.41, 5.74) is 0.729. The quantitative estimate of drug-likeness (QED) is 0.564. The summed E-state index contributed by atoms with van der Waals surface area (Å²) in [7, 11) is 1.61. The summed E-state index contributed by atoms with van der Waals surface area (Å²) in [6.45, 7) is 0.233. The summed E-state index contributed by atoms with van der Waals surface area (Å²) >= 11 is 0. The minimum Gasteiger partial charge on any atom is -0.447 e. The molecule has 1 atom stereocenters.